The maximum absolute atomic E-state index is 11.1. The molecule has 5 nitrogen and oxygen atoms in total. The first kappa shape index (κ1) is 9.51. The third-order valence-electron chi connectivity index (χ3n) is 2.26. The lowest BCUT2D eigenvalue weighted by molar-refractivity contribution is -0.139. The zero-order chi connectivity index (χ0) is 10.8. The van der Waals surface area contributed by atoms with Gasteiger partial charge in [-0.25, -0.2) is 4.98 Å². The molecule has 0 fully saturated rings. The van der Waals surface area contributed by atoms with Crippen molar-refractivity contribution in [1.82, 2.24) is 9.97 Å². The molecule has 1 aromatic heterocycles. The summed E-state index contributed by atoms with van der Waals surface area (Å²) in [7, 11) is 1.36. The second kappa shape index (κ2) is 3.61. The van der Waals surface area contributed by atoms with Crippen molar-refractivity contribution >= 4 is 22.7 Å². The van der Waals surface area contributed by atoms with Crippen molar-refractivity contribution in [2.45, 2.75) is 6.42 Å². The molecule has 2 aromatic rings. The Morgan fingerprint density at radius 1 is 1.60 bits per heavy atom. The van der Waals surface area contributed by atoms with Crippen molar-refractivity contribution in [1.29, 1.82) is 0 Å². The minimum absolute atomic E-state index is 0.206. The van der Waals surface area contributed by atoms with Crippen LogP contribution in [0.1, 0.15) is 5.56 Å². The molecule has 0 aliphatic heterocycles. The van der Waals surface area contributed by atoms with E-state index in [0.717, 1.165) is 16.6 Å². The van der Waals surface area contributed by atoms with Gasteiger partial charge in [0.25, 0.3) is 0 Å². The van der Waals surface area contributed by atoms with Gasteiger partial charge in [-0.15, -0.1) is 0 Å². The minimum Gasteiger partial charge on any atom is -0.469 e. The number of methoxy groups -OCH3 is 1. The van der Waals surface area contributed by atoms with Crippen molar-refractivity contribution in [2.75, 3.05) is 12.8 Å². The van der Waals surface area contributed by atoms with Crippen LogP contribution in [0.3, 0.4) is 0 Å². The molecule has 2 rings (SSSR count). The van der Waals surface area contributed by atoms with Gasteiger partial charge in [-0.1, -0.05) is 6.07 Å². The second-order valence-electron chi connectivity index (χ2n) is 3.19. The summed E-state index contributed by atoms with van der Waals surface area (Å²) in [6.07, 6.45) is 1.76. The van der Waals surface area contributed by atoms with Crippen LogP contribution in [-0.2, 0) is 16.0 Å². The van der Waals surface area contributed by atoms with Gasteiger partial charge in [0.2, 0.25) is 0 Å². The number of anilines is 1. The number of aromatic nitrogens is 2. The minimum atomic E-state index is -0.288. The third kappa shape index (κ3) is 1.63. The van der Waals surface area contributed by atoms with Gasteiger partial charge in [-0.2, -0.15) is 0 Å². The number of imidazole rings is 1. The van der Waals surface area contributed by atoms with Crippen molar-refractivity contribution in [2.24, 2.45) is 0 Å². The smallest absolute Gasteiger partial charge is 0.310 e. The highest BCUT2D eigenvalue weighted by Crippen LogP contribution is 2.21. The SMILES string of the molecule is COC(=O)Cc1ccc(N)c2[nH]cnc12. The molecular weight excluding hydrogens is 194 g/mol. The van der Waals surface area contributed by atoms with Crippen LogP contribution in [0.25, 0.3) is 11.0 Å². The van der Waals surface area contributed by atoms with Crippen LogP contribution in [-0.4, -0.2) is 23.0 Å². The number of esters is 1. The van der Waals surface area contributed by atoms with Crippen LogP contribution in [0.5, 0.6) is 0 Å². The molecule has 0 amide bonds. The molecule has 0 aliphatic rings. The number of nitrogens with one attached hydrogen (secondary N) is 1. The average molecular weight is 205 g/mol. The first-order valence-corrected chi connectivity index (χ1v) is 4.49. The number of rotatable bonds is 2. The number of carbonyl (C=O) groups excluding carboxylic acids is 1. The lowest BCUT2D eigenvalue weighted by Crippen LogP contribution is -2.05. The second-order valence-corrected chi connectivity index (χ2v) is 3.19. The van der Waals surface area contributed by atoms with Crippen molar-refractivity contribution in [3.8, 4) is 0 Å². The Morgan fingerprint density at radius 3 is 3.13 bits per heavy atom. The summed E-state index contributed by atoms with van der Waals surface area (Å²) in [6, 6.07) is 3.54. The summed E-state index contributed by atoms with van der Waals surface area (Å²) < 4.78 is 4.60. The van der Waals surface area contributed by atoms with E-state index < -0.39 is 0 Å². The van der Waals surface area contributed by atoms with E-state index in [2.05, 4.69) is 14.7 Å². The Labute approximate surface area is 86.3 Å². The van der Waals surface area contributed by atoms with E-state index in [1.165, 1.54) is 7.11 Å². The fraction of sp³-hybridized carbons (Fsp3) is 0.200. The molecule has 0 radical (unpaired) electrons. The van der Waals surface area contributed by atoms with Crippen LogP contribution in [0.4, 0.5) is 5.69 Å². The largest absolute Gasteiger partial charge is 0.469 e. The fourth-order valence-corrected chi connectivity index (χ4v) is 1.48. The number of ether oxygens (including phenoxy) is 1. The van der Waals surface area contributed by atoms with Gasteiger partial charge in [-0.3, -0.25) is 4.79 Å². The van der Waals surface area contributed by atoms with Gasteiger partial charge in [0.05, 0.1) is 36.6 Å². The summed E-state index contributed by atoms with van der Waals surface area (Å²) in [6.45, 7) is 0. The quantitative estimate of drug-likeness (QED) is 0.562. The van der Waals surface area contributed by atoms with E-state index >= 15 is 0 Å². The van der Waals surface area contributed by atoms with E-state index in [0.29, 0.717) is 5.69 Å². The van der Waals surface area contributed by atoms with E-state index in [9.17, 15) is 4.79 Å². The van der Waals surface area contributed by atoms with Crippen LogP contribution >= 0.6 is 0 Å². The monoisotopic (exact) mass is 205 g/mol. The molecule has 0 spiro atoms. The van der Waals surface area contributed by atoms with Gasteiger partial charge >= 0.3 is 5.97 Å². The zero-order valence-electron chi connectivity index (χ0n) is 8.28. The molecule has 0 aliphatic carbocycles. The molecule has 0 saturated carbocycles. The van der Waals surface area contributed by atoms with Gasteiger partial charge < -0.3 is 15.5 Å². The molecule has 15 heavy (non-hydrogen) atoms. The Bertz CT molecular complexity index is 504. The molecule has 1 heterocycles. The molecule has 0 atom stereocenters. The van der Waals surface area contributed by atoms with Crippen LogP contribution < -0.4 is 5.73 Å². The molecule has 0 unspecified atom stereocenters. The summed E-state index contributed by atoms with van der Waals surface area (Å²) in [4.78, 5) is 18.2. The molecule has 0 bridgehead atoms. The number of carbonyl (C=O) groups is 1. The summed E-state index contributed by atoms with van der Waals surface area (Å²) in [5.74, 6) is -0.288. The summed E-state index contributed by atoms with van der Waals surface area (Å²) >= 11 is 0. The Balaban J connectivity index is 2.48. The number of nitrogens with zero attached hydrogens (tertiary/aromatic N) is 1. The number of nitrogen functional groups attached to an aromatic ring is 1. The van der Waals surface area contributed by atoms with Crippen molar-refractivity contribution < 1.29 is 9.53 Å². The van der Waals surface area contributed by atoms with Crippen LogP contribution in [0, 0.1) is 0 Å². The number of fused-ring (bicyclic) bond motifs is 1. The lowest BCUT2D eigenvalue weighted by Gasteiger charge is -2.02. The predicted molar refractivity (Wildman–Crippen MR) is 56.2 cm³/mol. The molecule has 3 N–H and O–H groups in total. The van der Waals surface area contributed by atoms with Gasteiger partial charge in [0.15, 0.2) is 0 Å². The average Bonchev–Trinajstić information content (AvgIpc) is 2.71. The molecule has 5 heteroatoms. The number of nitrogens with two attached hydrogens (primary N) is 1. The highest BCUT2D eigenvalue weighted by Gasteiger charge is 2.10. The maximum Gasteiger partial charge on any atom is 0.310 e. The van der Waals surface area contributed by atoms with Gasteiger partial charge in [-0.05, 0) is 11.6 Å². The number of hydrogen-bond acceptors (Lipinski definition) is 4. The number of aromatic amines is 1. The van der Waals surface area contributed by atoms with Crippen molar-refractivity contribution in [3.05, 3.63) is 24.0 Å². The van der Waals surface area contributed by atoms with Crippen molar-refractivity contribution in [3.63, 3.8) is 0 Å². The van der Waals surface area contributed by atoms with Crippen LogP contribution in [0.2, 0.25) is 0 Å². The molecule has 1 aromatic carbocycles. The fourth-order valence-electron chi connectivity index (χ4n) is 1.48. The summed E-state index contributed by atoms with van der Waals surface area (Å²) in [5.41, 5.74) is 8.66. The Morgan fingerprint density at radius 2 is 2.40 bits per heavy atom. The van der Waals surface area contributed by atoms with Crippen LogP contribution in [0.15, 0.2) is 18.5 Å². The van der Waals surface area contributed by atoms with E-state index in [1.54, 1.807) is 18.5 Å². The number of benzene rings is 1. The first-order valence-electron chi connectivity index (χ1n) is 4.49. The normalized spacial score (nSPS) is 10.5. The van der Waals surface area contributed by atoms with E-state index in [4.69, 9.17) is 5.73 Å². The number of H-pyrrole nitrogens is 1. The zero-order valence-corrected chi connectivity index (χ0v) is 8.28. The van der Waals surface area contributed by atoms with E-state index in [1.807, 2.05) is 0 Å². The highest BCUT2D eigenvalue weighted by molar-refractivity contribution is 5.91. The third-order valence-corrected chi connectivity index (χ3v) is 2.26. The van der Waals surface area contributed by atoms with Gasteiger partial charge in [0.1, 0.15) is 0 Å². The molecule has 0 saturated heterocycles. The molecule has 78 valence electrons. The lowest BCUT2D eigenvalue weighted by atomic mass is 10.1. The number of hydrogen-bond donors (Lipinski definition) is 2. The standard InChI is InChI=1S/C10H11N3O2/c1-15-8(14)4-6-2-3-7(11)10-9(6)12-5-13-10/h2-3,5H,4,11H2,1H3,(H,12,13). The highest BCUT2D eigenvalue weighted by atomic mass is 16.5. The van der Waals surface area contributed by atoms with E-state index in [-0.39, 0.29) is 12.4 Å². The topological polar surface area (TPSA) is 81.0 Å². The first-order chi connectivity index (χ1) is 7.22. The predicted octanol–water partition coefficient (Wildman–Crippen LogP) is 0.861. The van der Waals surface area contributed by atoms with Gasteiger partial charge in [0, 0.05) is 0 Å². The maximum atomic E-state index is 11.1. The summed E-state index contributed by atoms with van der Waals surface area (Å²) in [5, 5.41) is 0. The molecular formula is C10H11N3O2. The Hall–Kier alpha value is -2.04. The Kier molecular flexibility index (Phi) is 2.29.